The normalized spacial score (nSPS) is 18.1. The van der Waals surface area contributed by atoms with Crippen LogP contribution in [0, 0.1) is 5.82 Å². The maximum Gasteiger partial charge on any atom is 0.148 e. The van der Waals surface area contributed by atoms with Crippen LogP contribution < -0.4 is 4.74 Å². The van der Waals surface area contributed by atoms with E-state index in [0.717, 1.165) is 25.9 Å². The van der Waals surface area contributed by atoms with E-state index in [1.54, 1.807) is 12.1 Å². The SMILES string of the molecule is CS(=O)(=O)CCN1CCC(Oc2ccc(F)cc2)CC1. The van der Waals surface area contributed by atoms with Gasteiger partial charge < -0.3 is 9.64 Å². The number of rotatable bonds is 5. The van der Waals surface area contributed by atoms with Gasteiger partial charge in [-0.15, -0.1) is 0 Å². The highest BCUT2D eigenvalue weighted by molar-refractivity contribution is 7.90. The summed E-state index contributed by atoms with van der Waals surface area (Å²) in [6.45, 7) is 2.25. The smallest absolute Gasteiger partial charge is 0.148 e. The minimum atomic E-state index is -2.90. The zero-order chi connectivity index (χ0) is 14.6. The van der Waals surface area contributed by atoms with Gasteiger partial charge in [0.25, 0.3) is 0 Å². The molecule has 0 amide bonds. The van der Waals surface area contributed by atoms with Crippen molar-refractivity contribution in [2.75, 3.05) is 31.6 Å². The fourth-order valence-corrected chi connectivity index (χ4v) is 2.84. The first-order chi connectivity index (χ1) is 9.42. The first-order valence-electron chi connectivity index (χ1n) is 6.75. The Bertz CT molecular complexity index is 522. The third kappa shape index (κ3) is 5.09. The average molecular weight is 301 g/mol. The molecular formula is C14H20FNO3S. The molecule has 1 aliphatic rings. The van der Waals surface area contributed by atoms with Crippen LogP contribution in [-0.4, -0.2) is 51.1 Å². The number of hydrogen-bond donors (Lipinski definition) is 0. The van der Waals surface area contributed by atoms with Gasteiger partial charge in [-0.05, 0) is 37.1 Å². The van der Waals surface area contributed by atoms with Gasteiger partial charge >= 0.3 is 0 Å². The van der Waals surface area contributed by atoms with Gasteiger partial charge in [-0.25, -0.2) is 12.8 Å². The second kappa shape index (κ2) is 6.54. The van der Waals surface area contributed by atoms with Crippen LogP contribution in [0.3, 0.4) is 0 Å². The lowest BCUT2D eigenvalue weighted by atomic mass is 10.1. The molecule has 6 heteroatoms. The largest absolute Gasteiger partial charge is 0.490 e. The summed E-state index contributed by atoms with van der Waals surface area (Å²) in [5, 5.41) is 0. The molecule has 0 bridgehead atoms. The molecular weight excluding hydrogens is 281 g/mol. The molecule has 1 aromatic carbocycles. The lowest BCUT2D eigenvalue weighted by Gasteiger charge is -2.31. The number of likely N-dealkylation sites (tertiary alicyclic amines) is 1. The summed E-state index contributed by atoms with van der Waals surface area (Å²) in [7, 11) is -2.90. The summed E-state index contributed by atoms with van der Waals surface area (Å²) in [5.74, 6) is 0.616. The molecule has 1 fully saturated rings. The summed E-state index contributed by atoms with van der Waals surface area (Å²) < 4.78 is 40.8. The summed E-state index contributed by atoms with van der Waals surface area (Å²) >= 11 is 0. The molecule has 0 unspecified atom stereocenters. The molecule has 2 rings (SSSR count). The maximum absolute atomic E-state index is 12.8. The van der Waals surface area contributed by atoms with Gasteiger partial charge in [-0.3, -0.25) is 0 Å². The van der Waals surface area contributed by atoms with Crippen LogP contribution in [0.2, 0.25) is 0 Å². The zero-order valence-corrected chi connectivity index (χ0v) is 12.4. The van der Waals surface area contributed by atoms with E-state index in [-0.39, 0.29) is 17.7 Å². The number of nitrogens with zero attached hydrogens (tertiary/aromatic N) is 1. The maximum atomic E-state index is 12.8. The average Bonchev–Trinajstić information content (AvgIpc) is 2.40. The zero-order valence-electron chi connectivity index (χ0n) is 11.6. The predicted octanol–water partition coefficient (Wildman–Crippen LogP) is 1.71. The summed E-state index contributed by atoms with van der Waals surface area (Å²) in [6, 6.07) is 6.03. The molecule has 0 aromatic heterocycles. The topological polar surface area (TPSA) is 46.6 Å². The van der Waals surface area contributed by atoms with E-state index in [2.05, 4.69) is 4.90 Å². The van der Waals surface area contributed by atoms with Crippen molar-refractivity contribution in [1.82, 2.24) is 4.90 Å². The second-order valence-electron chi connectivity index (χ2n) is 5.24. The van der Waals surface area contributed by atoms with E-state index < -0.39 is 9.84 Å². The van der Waals surface area contributed by atoms with Crippen molar-refractivity contribution in [2.45, 2.75) is 18.9 Å². The minimum Gasteiger partial charge on any atom is -0.490 e. The van der Waals surface area contributed by atoms with Crippen molar-refractivity contribution in [2.24, 2.45) is 0 Å². The fourth-order valence-electron chi connectivity index (χ4n) is 2.25. The molecule has 1 aromatic rings. The van der Waals surface area contributed by atoms with Crippen molar-refractivity contribution in [3.05, 3.63) is 30.1 Å². The molecule has 20 heavy (non-hydrogen) atoms. The highest BCUT2D eigenvalue weighted by atomic mass is 32.2. The third-order valence-corrected chi connectivity index (χ3v) is 4.35. The van der Waals surface area contributed by atoms with Gasteiger partial charge in [-0.1, -0.05) is 0 Å². The Balaban J connectivity index is 1.75. The molecule has 0 atom stereocenters. The molecule has 112 valence electrons. The predicted molar refractivity (Wildman–Crippen MR) is 76.2 cm³/mol. The Hall–Kier alpha value is -1.14. The van der Waals surface area contributed by atoms with E-state index in [9.17, 15) is 12.8 Å². The highest BCUT2D eigenvalue weighted by Gasteiger charge is 2.21. The monoisotopic (exact) mass is 301 g/mol. The van der Waals surface area contributed by atoms with E-state index in [1.165, 1.54) is 18.4 Å². The van der Waals surface area contributed by atoms with Crippen LogP contribution in [0.4, 0.5) is 4.39 Å². The van der Waals surface area contributed by atoms with Gasteiger partial charge in [0.1, 0.15) is 27.5 Å². The molecule has 0 spiro atoms. The van der Waals surface area contributed by atoms with Gasteiger partial charge in [0.05, 0.1) is 5.75 Å². The van der Waals surface area contributed by atoms with Gasteiger partial charge in [-0.2, -0.15) is 0 Å². The molecule has 0 aliphatic carbocycles. The Morgan fingerprint density at radius 2 is 1.85 bits per heavy atom. The third-order valence-electron chi connectivity index (χ3n) is 3.43. The summed E-state index contributed by atoms with van der Waals surface area (Å²) in [4.78, 5) is 2.14. The highest BCUT2D eigenvalue weighted by Crippen LogP contribution is 2.19. The molecule has 1 heterocycles. The molecule has 4 nitrogen and oxygen atoms in total. The quantitative estimate of drug-likeness (QED) is 0.831. The first-order valence-corrected chi connectivity index (χ1v) is 8.81. The number of benzene rings is 1. The van der Waals surface area contributed by atoms with Gasteiger partial charge in [0.2, 0.25) is 0 Å². The fraction of sp³-hybridized carbons (Fsp3) is 0.571. The minimum absolute atomic E-state index is 0.120. The van der Waals surface area contributed by atoms with Crippen molar-refractivity contribution >= 4 is 9.84 Å². The van der Waals surface area contributed by atoms with Crippen LogP contribution >= 0.6 is 0 Å². The van der Waals surface area contributed by atoms with Gasteiger partial charge in [0, 0.05) is 25.9 Å². The molecule has 0 N–H and O–H groups in total. The Kier molecular flexibility index (Phi) is 4.99. The molecule has 0 saturated carbocycles. The van der Waals surface area contributed by atoms with Crippen LogP contribution in [0.5, 0.6) is 5.75 Å². The summed E-state index contributed by atoms with van der Waals surface area (Å²) in [5.41, 5.74) is 0. The van der Waals surface area contributed by atoms with E-state index in [1.807, 2.05) is 0 Å². The van der Waals surface area contributed by atoms with Crippen LogP contribution in [0.15, 0.2) is 24.3 Å². The lowest BCUT2D eigenvalue weighted by Crippen LogP contribution is -2.40. The second-order valence-corrected chi connectivity index (χ2v) is 7.50. The standard InChI is InChI=1S/C14H20FNO3S/c1-20(17,18)11-10-16-8-6-14(7-9-16)19-13-4-2-12(15)3-5-13/h2-5,14H,6-11H2,1H3. The Morgan fingerprint density at radius 3 is 2.40 bits per heavy atom. The molecule has 1 aliphatic heterocycles. The Morgan fingerprint density at radius 1 is 1.25 bits per heavy atom. The number of piperidine rings is 1. The number of sulfone groups is 1. The van der Waals surface area contributed by atoms with Crippen molar-refractivity contribution < 1.29 is 17.5 Å². The van der Waals surface area contributed by atoms with Crippen molar-refractivity contribution in [1.29, 1.82) is 0 Å². The summed E-state index contributed by atoms with van der Waals surface area (Å²) in [6.07, 6.45) is 3.11. The van der Waals surface area contributed by atoms with Crippen LogP contribution in [-0.2, 0) is 9.84 Å². The lowest BCUT2D eigenvalue weighted by molar-refractivity contribution is 0.104. The van der Waals surface area contributed by atoms with E-state index >= 15 is 0 Å². The van der Waals surface area contributed by atoms with E-state index in [0.29, 0.717) is 12.3 Å². The van der Waals surface area contributed by atoms with E-state index in [4.69, 9.17) is 4.74 Å². The number of halogens is 1. The van der Waals surface area contributed by atoms with Crippen molar-refractivity contribution in [3.8, 4) is 5.75 Å². The number of hydrogen-bond acceptors (Lipinski definition) is 4. The van der Waals surface area contributed by atoms with Crippen LogP contribution in [0.1, 0.15) is 12.8 Å². The van der Waals surface area contributed by atoms with Crippen LogP contribution in [0.25, 0.3) is 0 Å². The first kappa shape index (κ1) is 15.3. The van der Waals surface area contributed by atoms with Crippen molar-refractivity contribution in [3.63, 3.8) is 0 Å². The molecule has 0 radical (unpaired) electrons. The van der Waals surface area contributed by atoms with Gasteiger partial charge in [0.15, 0.2) is 0 Å². The molecule has 1 saturated heterocycles. The Labute approximate surface area is 119 Å². The number of ether oxygens (including phenoxy) is 1.